The van der Waals surface area contributed by atoms with E-state index in [4.69, 9.17) is 4.74 Å². The van der Waals surface area contributed by atoms with Gasteiger partial charge in [-0.2, -0.15) is 0 Å². The van der Waals surface area contributed by atoms with Gasteiger partial charge in [-0.25, -0.2) is 0 Å². The van der Waals surface area contributed by atoms with Gasteiger partial charge in [-0.3, -0.25) is 4.79 Å². The highest BCUT2D eigenvalue weighted by Crippen LogP contribution is 2.30. The monoisotopic (exact) mass is 206 g/mol. The summed E-state index contributed by atoms with van der Waals surface area (Å²) in [7, 11) is 1.56. The van der Waals surface area contributed by atoms with Crippen LogP contribution in [0.1, 0.15) is 34.9 Å². The molecule has 0 amide bonds. The molecule has 2 rings (SSSR count). The molecule has 0 bridgehead atoms. The van der Waals surface area contributed by atoms with Gasteiger partial charge in [0.05, 0.1) is 6.10 Å². The summed E-state index contributed by atoms with van der Waals surface area (Å²) in [6.07, 6.45) is 0.0350. The van der Waals surface area contributed by atoms with Crippen molar-refractivity contribution in [3.63, 3.8) is 0 Å². The molecule has 0 fully saturated rings. The zero-order valence-electron chi connectivity index (χ0n) is 8.64. The predicted octanol–water partition coefficient (Wildman–Crippen LogP) is 1.71. The van der Waals surface area contributed by atoms with E-state index in [1.165, 1.54) is 0 Å². The molecule has 1 N–H and O–H groups in total. The number of hydrogen-bond donors (Lipinski definition) is 1. The molecule has 1 aromatic rings. The smallest absolute Gasteiger partial charge is 0.163 e. The van der Waals surface area contributed by atoms with E-state index in [9.17, 15) is 9.90 Å². The van der Waals surface area contributed by atoms with Gasteiger partial charge >= 0.3 is 0 Å². The lowest BCUT2D eigenvalue weighted by atomic mass is 10.00. The highest BCUT2D eigenvalue weighted by Gasteiger charge is 2.28. The minimum Gasteiger partial charge on any atom is -0.386 e. The lowest BCUT2D eigenvalue weighted by Gasteiger charge is -2.19. The molecule has 0 heterocycles. The maximum atomic E-state index is 11.7. The molecule has 1 aliphatic carbocycles. The molecule has 80 valence electrons. The summed E-state index contributed by atoms with van der Waals surface area (Å²) in [4.78, 5) is 11.7. The van der Waals surface area contributed by atoms with E-state index in [1.807, 2.05) is 12.1 Å². The molecular formula is C12H14O3. The van der Waals surface area contributed by atoms with E-state index >= 15 is 0 Å². The van der Waals surface area contributed by atoms with Crippen LogP contribution in [0.25, 0.3) is 0 Å². The lowest BCUT2D eigenvalue weighted by Crippen LogP contribution is -2.19. The highest BCUT2D eigenvalue weighted by molar-refractivity contribution is 5.98. The van der Waals surface area contributed by atoms with E-state index in [0.29, 0.717) is 24.0 Å². The van der Waals surface area contributed by atoms with Gasteiger partial charge in [0.25, 0.3) is 0 Å². The second-order valence-corrected chi connectivity index (χ2v) is 3.77. The quantitative estimate of drug-likeness (QED) is 0.711. The Labute approximate surface area is 88.7 Å². The maximum absolute atomic E-state index is 11.7. The number of aliphatic hydroxyl groups is 1. The normalized spacial score (nSPS) is 25.9. The molecule has 1 aromatic carbocycles. The number of carbonyl (C=O) groups excluding carboxylic acids is 1. The number of hydrogen-bond acceptors (Lipinski definition) is 3. The van der Waals surface area contributed by atoms with Gasteiger partial charge in [0, 0.05) is 19.1 Å². The molecule has 15 heavy (non-hydrogen) atoms. The summed E-state index contributed by atoms with van der Waals surface area (Å²) < 4.78 is 5.19. The number of methoxy groups -OCH3 is 1. The Bertz CT molecular complexity index is 373. The van der Waals surface area contributed by atoms with Crippen molar-refractivity contribution in [2.75, 3.05) is 7.11 Å². The van der Waals surface area contributed by atoms with Gasteiger partial charge in [0.1, 0.15) is 6.10 Å². The Balaban J connectivity index is 2.46. The first-order valence-electron chi connectivity index (χ1n) is 5.07. The van der Waals surface area contributed by atoms with Gasteiger partial charge in [-0.05, 0) is 12.0 Å². The van der Waals surface area contributed by atoms with Crippen LogP contribution in [0.3, 0.4) is 0 Å². The van der Waals surface area contributed by atoms with Crippen LogP contribution >= 0.6 is 0 Å². The fourth-order valence-corrected chi connectivity index (χ4v) is 2.02. The van der Waals surface area contributed by atoms with Crippen molar-refractivity contribution in [2.24, 2.45) is 0 Å². The van der Waals surface area contributed by atoms with Gasteiger partial charge in [-0.15, -0.1) is 0 Å². The molecule has 2 unspecified atom stereocenters. The molecule has 0 spiro atoms. The van der Waals surface area contributed by atoms with Crippen LogP contribution in [0, 0.1) is 0 Å². The topological polar surface area (TPSA) is 46.5 Å². The first-order chi connectivity index (χ1) is 7.24. The molecule has 0 aromatic heterocycles. The van der Waals surface area contributed by atoms with Crippen LogP contribution in [-0.2, 0) is 4.74 Å². The van der Waals surface area contributed by atoms with Gasteiger partial charge < -0.3 is 9.84 Å². The Hall–Kier alpha value is -1.19. The Morgan fingerprint density at radius 3 is 2.87 bits per heavy atom. The minimum atomic E-state index is -0.697. The number of rotatable bonds is 1. The zero-order valence-corrected chi connectivity index (χ0v) is 8.64. The van der Waals surface area contributed by atoms with Crippen LogP contribution in [-0.4, -0.2) is 24.1 Å². The summed E-state index contributed by atoms with van der Waals surface area (Å²) in [6.45, 7) is 0. The average molecular weight is 206 g/mol. The molecule has 0 radical (unpaired) electrons. The molecule has 0 aliphatic heterocycles. The summed E-state index contributed by atoms with van der Waals surface area (Å²) in [6, 6.07) is 7.19. The first-order valence-corrected chi connectivity index (χ1v) is 5.07. The van der Waals surface area contributed by atoms with Gasteiger partial charge in [-0.1, -0.05) is 24.3 Å². The molecule has 0 saturated carbocycles. The van der Waals surface area contributed by atoms with Crippen LogP contribution in [0.2, 0.25) is 0 Å². The van der Waals surface area contributed by atoms with E-state index in [1.54, 1.807) is 19.2 Å². The Morgan fingerprint density at radius 2 is 2.13 bits per heavy atom. The number of carbonyl (C=O) groups is 1. The van der Waals surface area contributed by atoms with Crippen LogP contribution in [0.15, 0.2) is 24.3 Å². The van der Waals surface area contributed by atoms with Crippen molar-refractivity contribution in [2.45, 2.75) is 25.0 Å². The van der Waals surface area contributed by atoms with E-state index in [2.05, 4.69) is 0 Å². The molecule has 2 atom stereocenters. The van der Waals surface area contributed by atoms with Crippen LogP contribution in [0.5, 0.6) is 0 Å². The zero-order chi connectivity index (χ0) is 10.8. The summed E-state index contributed by atoms with van der Waals surface area (Å²) in [5.74, 6) is 0.0872. The Morgan fingerprint density at radius 1 is 1.40 bits per heavy atom. The van der Waals surface area contributed by atoms with Crippen molar-refractivity contribution in [3.8, 4) is 0 Å². The maximum Gasteiger partial charge on any atom is 0.163 e. The van der Waals surface area contributed by atoms with Crippen LogP contribution in [0.4, 0.5) is 0 Å². The molecule has 3 nitrogen and oxygen atoms in total. The predicted molar refractivity (Wildman–Crippen MR) is 55.8 cm³/mol. The molecule has 3 heteroatoms. The fourth-order valence-electron chi connectivity index (χ4n) is 2.02. The third kappa shape index (κ3) is 1.80. The minimum absolute atomic E-state index is 0.0872. The number of fused-ring (bicyclic) bond motifs is 1. The van der Waals surface area contributed by atoms with Crippen LogP contribution < -0.4 is 0 Å². The van der Waals surface area contributed by atoms with Crippen molar-refractivity contribution >= 4 is 5.78 Å². The van der Waals surface area contributed by atoms with Gasteiger partial charge in [0.15, 0.2) is 5.78 Å². The molecular weight excluding hydrogens is 192 g/mol. The third-order valence-electron chi connectivity index (χ3n) is 2.89. The highest BCUT2D eigenvalue weighted by atomic mass is 16.5. The number of benzene rings is 1. The lowest BCUT2D eigenvalue weighted by molar-refractivity contribution is -0.0158. The number of ketones is 1. The third-order valence-corrected chi connectivity index (χ3v) is 2.89. The number of ether oxygens (including phenoxy) is 1. The number of Topliss-reactive ketones (excluding diaryl/α,β-unsaturated/α-hetero) is 1. The first kappa shape index (κ1) is 10.3. The van der Waals surface area contributed by atoms with Crippen molar-refractivity contribution in [3.05, 3.63) is 35.4 Å². The Kier molecular flexibility index (Phi) is 2.84. The van der Waals surface area contributed by atoms with E-state index in [-0.39, 0.29) is 11.9 Å². The fraction of sp³-hybridized carbons (Fsp3) is 0.417. The molecule has 0 saturated heterocycles. The second kappa shape index (κ2) is 4.13. The average Bonchev–Trinajstić information content (AvgIpc) is 2.39. The van der Waals surface area contributed by atoms with Crippen molar-refractivity contribution in [1.82, 2.24) is 0 Å². The largest absolute Gasteiger partial charge is 0.386 e. The van der Waals surface area contributed by atoms with Crippen molar-refractivity contribution in [1.29, 1.82) is 0 Å². The SMILES string of the molecule is COC1CCC(=O)c2ccccc2C1O. The van der Waals surface area contributed by atoms with E-state index in [0.717, 1.165) is 0 Å². The van der Waals surface area contributed by atoms with Crippen molar-refractivity contribution < 1.29 is 14.6 Å². The van der Waals surface area contributed by atoms with Gasteiger partial charge in [0.2, 0.25) is 0 Å². The van der Waals surface area contributed by atoms with E-state index < -0.39 is 6.10 Å². The second-order valence-electron chi connectivity index (χ2n) is 3.77. The molecule has 1 aliphatic rings. The summed E-state index contributed by atoms with van der Waals surface area (Å²) >= 11 is 0. The standard InChI is InChI=1S/C12H14O3/c1-15-11-7-6-10(13)8-4-2-3-5-9(8)12(11)14/h2-5,11-12,14H,6-7H2,1H3. The summed E-state index contributed by atoms with van der Waals surface area (Å²) in [5, 5.41) is 10.0. The summed E-state index contributed by atoms with van der Waals surface area (Å²) in [5.41, 5.74) is 1.32. The number of aliphatic hydroxyl groups excluding tert-OH is 1.